The minimum Gasteiger partial charge on any atom is -0.378 e. The van der Waals surface area contributed by atoms with Gasteiger partial charge in [0.2, 0.25) is 0 Å². The predicted octanol–water partition coefficient (Wildman–Crippen LogP) is 3.73. The van der Waals surface area contributed by atoms with E-state index in [-0.39, 0.29) is 5.78 Å². The van der Waals surface area contributed by atoms with E-state index in [9.17, 15) is 4.79 Å². The number of nitrogens with zero attached hydrogens (tertiary/aromatic N) is 3. The Balaban J connectivity index is 1.71. The summed E-state index contributed by atoms with van der Waals surface area (Å²) in [5.41, 5.74) is 4.53. The fraction of sp³-hybridized carbons (Fsp3) is 0.286. The van der Waals surface area contributed by atoms with E-state index in [2.05, 4.69) is 9.88 Å². The number of carbonyl (C=O) groups is 1. The van der Waals surface area contributed by atoms with Crippen LogP contribution in [0.5, 0.6) is 0 Å². The van der Waals surface area contributed by atoms with Gasteiger partial charge in [-0.1, -0.05) is 31.2 Å². The van der Waals surface area contributed by atoms with Crippen molar-refractivity contribution in [1.29, 1.82) is 0 Å². The summed E-state index contributed by atoms with van der Waals surface area (Å²) in [6, 6.07) is 13.8. The van der Waals surface area contributed by atoms with Gasteiger partial charge in [0.15, 0.2) is 5.78 Å². The van der Waals surface area contributed by atoms with Gasteiger partial charge >= 0.3 is 0 Å². The van der Waals surface area contributed by atoms with Crippen LogP contribution in [0, 0.1) is 0 Å². The van der Waals surface area contributed by atoms with E-state index in [0.29, 0.717) is 6.42 Å². The number of anilines is 1. The molecule has 0 radical (unpaired) electrons. The SMILES string of the molecule is CCC(=O)c1cccc(-c2ccc3ncc(N4CCOCC4)nc3c2)c1. The topological polar surface area (TPSA) is 55.3 Å². The number of hydrogen-bond acceptors (Lipinski definition) is 5. The van der Waals surface area contributed by atoms with Crippen LogP contribution >= 0.6 is 0 Å². The number of morpholine rings is 1. The van der Waals surface area contributed by atoms with Crippen LogP contribution in [-0.2, 0) is 4.74 Å². The van der Waals surface area contributed by atoms with Gasteiger partial charge in [-0.25, -0.2) is 4.98 Å². The van der Waals surface area contributed by atoms with Gasteiger partial charge in [0.05, 0.1) is 30.4 Å². The number of ketones is 1. The van der Waals surface area contributed by atoms with Gasteiger partial charge in [0.25, 0.3) is 0 Å². The van der Waals surface area contributed by atoms with Gasteiger partial charge in [-0.3, -0.25) is 9.78 Å². The number of Topliss-reactive ketones (excluding diaryl/α,β-unsaturated/α-hetero) is 1. The average molecular weight is 347 g/mol. The summed E-state index contributed by atoms with van der Waals surface area (Å²) in [7, 11) is 0. The largest absolute Gasteiger partial charge is 0.378 e. The highest BCUT2D eigenvalue weighted by molar-refractivity contribution is 5.97. The first kappa shape index (κ1) is 16.7. The van der Waals surface area contributed by atoms with E-state index >= 15 is 0 Å². The van der Waals surface area contributed by atoms with Crippen LogP contribution in [0.25, 0.3) is 22.2 Å². The van der Waals surface area contributed by atoms with E-state index in [0.717, 1.165) is 59.8 Å². The summed E-state index contributed by atoms with van der Waals surface area (Å²) >= 11 is 0. The monoisotopic (exact) mass is 347 g/mol. The van der Waals surface area contributed by atoms with Crippen molar-refractivity contribution in [3.63, 3.8) is 0 Å². The number of hydrogen-bond donors (Lipinski definition) is 0. The third kappa shape index (κ3) is 3.30. The molecule has 5 nitrogen and oxygen atoms in total. The highest BCUT2D eigenvalue weighted by Gasteiger charge is 2.13. The summed E-state index contributed by atoms with van der Waals surface area (Å²) in [6.45, 7) is 4.99. The number of ether oxygens (including phenoxy) is 1. The highest BCUT2D eigenvalue weighted by atomic mass is 16.5. The van der Waals surface area contributed by atoms with Crippen LogP contribution in [0.4, 0.5) is 5.82 Å². The summed E-state index contributed by atoms with van der Waals surface area (Å²) in [5, 5.41) is 0. The summed E-state index contributed by atoms with van der Waals surface area (Å²) in [4.78, 5) is 23.5. The summed E-state index contributed by atoms with van der Waals surface area (Å²) in [5.74, 6) is 1.04. The average Bonchev–Trinajstić information content (AvgIpc) is 2.73. The van der Waals surface area contributed by atoms with Crippen molar-refractivity contribution in [3.05, 3.63) is 54.2 Å². The fourth-order valence-corrected chi connectivity index (χ4v) is 3.20. The second kappa shape index (κ2) is 7.22. The maximum absolute atomic E-state index is 12.0. The Bertz CT molecular complexity index is 949. The molecule has 132 valence electrons. The minimum atomic E-state index is 0.155. The van der Waals surface area contributed by atoms with Crippen molar-refractivity contribution in [1.82, 2.24) is 9.97 Å². The van der Waals surface area contributed by atoms with Crippen LogP contribution < -0.4 is 4.90 Å². The molecule has 0 spiro atoms. The third-order valence-electron chi connectivity index (χ3n) is 4.70. The van der Waals surface area contributed by atoms with Crippen molar-refractivity contribution < 1.29 is 9.53 Å². The molecule has 1 aliphatic heterocycles. The molecule has 0 atom stereocenters. The van der Waals surface area contributed by atoms with E-state index in [1.165, 1.54) is 0 Å². The molecule has 5 heteroatoms. The first-order valence-electron chi connectivity index (χ1n) is 8.98. The molecule has 1 aliphatic rings. The van der Waals surface area contributed by atoms with Gasteiger partial charge < -0.3 is 9.64 Å². The zero-order valence-electron chi connectivity index (χ0n) is 14.8. The molecule has 0 bridgehead atoms. The maximum atomic E-state index is 12.0. The van der Waals surface area contributed by atoms with Crippen molar-refractivity contribution in [2.45, 2.75) is 13.3 Å². The van der Waals surface area contributed by atoms with E-state index in [4.69, 9.17) is 9.72 Å². The van der Waals surface area contributed by atoms with Crippen LogP contribution in [0.15, 0.2) is 48.7 Å². The molecule has 26 heavy (non-hydrogen) atoms. The number of benzene rings is 2. The second-order valence-electron chi connectivity index (χ2n) is 6.39. The highest BCUT2D eigenvalue weighted by Crippen LogP contribution is 2.25. The lowest BCUT2D eigenvalue weighted by Crippen LogP contribution is -2.36. The molecule has 1 saturated heterocycles. The van der Waals surface area contributed by atoms with Gasteiger partial charge in [-0.05, 0) is 29.3 Å². The van der Waals surface area contributed by atoms with E-state index in [1.54, 1.807) is 0 Å². The standard InChI is InChI=1S/C21H21N3O2/c1-2-20(25)17-5-3-4-15(12-17)16-6-7-18-19(13-16)23-21(14-22-18)24-8-10-26-11-9-24/h3-7,12-14H,2,8-11H2,1H3. The van der Waals surface area contributed by atoms with Crippen molar-refractivity contribution in [2.24, 2.45) is 0 Å². The van der Waals surface area contributed by atoms with Crippen molar-refractivity contribution in [2.75, 3.05) is 31.2 Å². The summed E-state index contributed by atoms with van der Waals surface area (Å²) < 4.78 is 5.41. The number of carbonyl (C=O) groups excluding carboxylic acids is 1. The Morgan fingerprint density at radius 3 is 2.69 bits per heavy atom. The number of aromatic nitrogens is 2. The molecule has 1 fully saturated rings. The number of rotatable bonds is 4. The first-order valence-corrected chi connectivity index (χ1v) is 8.98. The maximum Gasteiger partial charge on any atom is 0.162 e. The Morgan fingerprint density at radius 1 is 1.08 bits per heavy atom. The Hall–Kier alpha value is -2.79. The lowest BCUT2D eigenvalue weighted by molar-refractivity contribution is 0.0988. The quantitative estimate of drug-likeness (QED) is 0.673. The molecular weight excluding hydrogens is 326 g/mol. The molecule has 3 aromatic rings. The molecule has 2 aromatic carbocycles. The van der Waals surface area contributed by atoms with E-state index < -0.39 is 0 Å². The second-order valence-corrected chi connectivity index (χ2v) is 6.39. The Labute approximate surface area is 152 Å². The third-order valence-corrected chi connectivity index (χ3v) is 4.70. The normalized spacial score (nSPS) is 14.6. The molecular formula is C21H21N3O2. The molecule has 2 heterocycles. The summed E-state index contributed by atoms with van der Waals surface area (Å²) in [6.07, 6.45) is 2.34. The zero-order chi connectivity index (χ0) is 17.9. The molecule has 4 rings (SSSR count). The van der Waals surface area contributed by atoms with Crippen LogP contribution in [0.2, 0.25) is 0 Å². The van der Waals surface area contributed by atoms with Crippen LogP contribution in [-0.4, -0.2) is 42.1 Å². The lowest BCUT2D eigenvalue weighted by Gasteiger charge is -2.27. The smallest absolute Gasteiger partial charge is 0.162 e. The van der Waals surface area contributed by atoms with Gasteiger partial charge in [0, 0.05) is 25.1 Å². The first-order chi connectivity index (χ1) is 12.7. The zero-order valence-corrected chi connectivity index (χ0v) is 14.8. The Kier molecular flexibility index (Phi) is 4.63. The molecule has 1 aromatic heterocycles. The number of fused-ring (bicyclic) bond motifs is 1. The fourth-order valence-electron chi connectivity index (χ4n) is 3.20. The minimum absolute atomic E-state index is 0.155. The molecule has 0 aliphatic carbocycles. The Morgan fingerprint density at radius 2 is 1.88 bits per heavy atom. The molecule has 0 saturated carbocycles. The van der Waals surface area contributed by atoms with Crippen LogP contribution in [0.1, 0.15) is 23.7 Å². The van der Waals surface area contributed by atoms with Crippen LogP contribution in [0.3, 0.4) is 0 Å². The van der Waals surface area contributed by atoms with Gasteiger partial charge in [0.1, 0.15) is 5.82 Å². The van der Waals surface area contributed by atoms with Crippen molar-refractivity contribution in [3.8, 4) is 11.1 Å². The van der Waals surface area contributed by atoms with Crippen molar-refractivity contribution >= 4 is 22.6 Å². The molecule has 0 unspecified atom stereocenters. The van der Waals surface area contributed by atoms with E-state index in [1.807, 2.05) is 55.6 Å². The van der Waals surface area contributed by atoms with Gasteiger partial charge in [-0.2, -0.15) is 0 Å². The van der Waals surface area contributed by atoms with Gasteiger partial charge in [-0.15, -0.1) is 0 Å². The molecule has 0 N–H and O–H groups in total. The lowest BCUT2D eigenvalue weighted by atomic mass is 10.00. The molecule has 0 amide bonds. The predicted molar refractivity (Wildman–Crippen MR) is 103 cm³/mol.